The third kappa shape index (κ3) is 2.95. The van der Waals surface area contributed by atoms with E-state index in [9.17, 15) is 0 Å². The van der Waals surface area contributed by atoms with Crippen LogP contribution in [0.4, 0.5) is 5.69 Å². The second-order valence-electron chi connectivity index (χ2n) is 3.62. The Kier molecular flexibility index (Phi) is 3.34. The Bertz CT molecular complexity index is 458. The Morgan fingerprint density at radius 3 is 2.31 bits per heavy atom. The number of nitrogens with zero attached hydrogens (tertiary/aromatic N) is 1. The van der Waals surface area contributed by atoms with Crippen molar-refractivity contribution in [2.24, 2.45) is 4.99 Å². The number of nitrogens with two attached hydrogens (primary N) is 1. The van der Waals surface area contributed by atoms with E-state index in [-0.39, 0.29) is 0 Å². The summed E-state index contributed by atoms with van der Waals surface area (Å²) in [6.45, 7) is 0.690. The van der Waals surface area contributed by atoms with Crippen molar-refractivity contribution in [3.8, 4) is 0 Å². The van der Waals surface area contributed by atoms with Crippen molar-refractivity contribution < 1.29 is 0 Å². The molecule has 80 valence electrons. The Balaban J connectivity index is 1.97. The van der Waals surface area contributed by atoms with Crippen LogP contribution in [0.25, 0.3) is 0 Å². The Hall–Kier alpha value is -2.09. The molecule has 0 aliphatic rings. The van der Waals surface area contributed by atoms with Crippen LogP contribution in [-0.2, 0) is 6.54 Å². The van der Waals surface area contributed by atoms with Gasteiger partial charge in [0.05, 0.1) is 6.54 Å². The molecule has 0 saturated carbocycles. The fourth-order valence-corrected chi connectivity index (χ4v) is 1.42. The number of hydrogen-bond donors (Lipinski definition) is 1. The lowest BCUT2D eigenvalue weighted by Gasteiger charge is -1.97. The number of aliphatic imine (C=N–C) groups is 1. The summed E-state index contributed by atoms with van der Waals surface area (Å²) in [4.78, 5) is 4.38. The van der Waals surface area contributed by atoms with Crippen molar-refractivity contribution in [3.05, 3.63) is 65.7 Å². The summed E-state index contributed by atoms with van der Waals surface area (Å²) < 4.78 is 0. The smallest absolute Gasteiger partial charge is 0.0640 e. The van der Waals surface area contributed by atoms with Crippen LogP contribution in [0.2, 0.25) is 0 Å². The fraction of sp³-hybridized carbons (Fsp3) is 0.0714. The molecule has 0 fully saturated rings. The minimum atomic E-state index is 0.690. The van der Waals surface area contributed by atoms with Gasteiger partial charge in [-0.05, 0) is 23.3 Å². The van der Waals surface area contributed by atoms with E-state index in [2.05, 4.69) is 4.99 Å². The van der Waals surface area contributed by atoms with E-state index in [0.29, 0.717) is 6.54 Å². The molecule has 2 heteroatoms. The van der Waals surface area contributed by atoms with Gasteiger partial charge in [-0.1, -0.05) is 42.5 Å². The third-order valence-electron chi connectivity index (χ3n) is 2.29. The van der Waals surface area contributed by atoms with E-state index in [4.69, 9.17) is 5.73 Å². The van der Waals surface area contributed by atoms with Crippen LogP contribution >= 0.6 is 0 Å². The molecule has 0 aromatic heterocycles. The molecule has 0 spiro atoms. The van der Waals surface area contributed by atoms with Gasteiger partial charge in [0.25, 0.3) is 0 Å². The van der Waals surface area contributed by atoms with Gasteiger partial charge in [0, 0.05) is 11.9 Å². The molecule has 2 aromatic carbocycles. The highest BCUT2D eigenvalue weighted by Crippen LogP contribution is 2.06. The van der Waals surface area contributed by atoms with E-state index in [1.807, 2.05) is 60.8 Å². The highest BCUT2D eigenvalue weighted by molar-refractivity contribution is 5.79. The molecule has 0 saturated heterocycles. The molecule has 0 aliphatic carbocycles. The van der Waals surface area contributed by atoms with Crippen LogP contribution in [0, 0.1) is 0 Å². The zero-order valence-electron chi connectivity index (χ0n) is 9.01. The summed E-state index contributed by atoms with van der Waals surface area (Å²) in [6.07, 6.45) is 1.89. The van der Waals surface area contributed by atoms with Gasteiger partial charge < -0.3 is 5.73 Å². The molecular formula is C14H14N2. The van der Waals surface area contributed by atoms with Gasteiger partial charge in [0.2, 0.25) is 0 Å². The van der Waals surface area contributed by atoms with Crippen molar-refractivity contribution in [2.75, 3.05) is 5.73 Å². The fourth-order valence-electron chi connectivity index (χ4n) is 1.42. The first-order valence-corrected chi connectivity index (χ1v) is 5.24. The second kappa shape index (κ2) is 5.12. The van der Waals surface area contributed by atoms with Crippen molar-refractivity contribution in [2.45, 2.75) is 6.54 Å². The normalized spacial score (nSPS) is 10.8. The first-order chi connectivity index (χ1) is 7.84. The molecule has 2 rings (SSSR count). The number of nitrogen functional groups attached to an aromatic ring is 1. The summed E-state index contributed by atoms with van der Waals surface area (Å²) in [5, 5.41) is 0. The van der Waals surface area contributed by atoms with Crippen molar-refractivity contribution in [1.82, 2.24) is 0 Å². The minimum Gasteiger partial charge on any atom is -0.399 e. The van der Waals surface area contributed by atoms with E-state index in [1.54, 1.807) is 0 Å². The van der Waals surface area contributed by atoms with Gasteiger partial charge in [0.1, 0.15) is 0 Å². The first-order valence-electron chi connectivity index (χ1n) is 5.24. The maximum absolute atomic E-state index is 5.61. The number of anilines is 1. The molecular weight excluding hydrogens is 196 g/mol. The molecule has 0 radical (unpaired) electrons. The van der Waals surface area contributed by atoms with Gasteiger partial charge in [-0.3, -0.25) is 4.99 Å². The highest BCUT2D eigenvalue weighted by atomic mass is 14.7. The Labute approximate surface area is 95.5 Å². The zero-order chi connectivity index (χ0) is 11.2. The topological polar surface area (TPSA) is 38.4 Å². The minimum absolute atomic E-state index is 0.690. The summed E-state index contributed by atoms with van der Waals surface area (Å²) in [7, 11) is 0. The molecule has 16 heavy (non-hydrogen) atoms. The van der Waals surface area contributed by atoms with Crippen LogP contribution in [-0.4, -0.2) is 6.21 Å². The zero-order valence-corrected chi connectivity index (χ0v) is 9.01. The predicted molar refractivity (Wildman–Crippen MR) is 68.6 cm³/mol. The van der Waals surface area contributed by atoms with E-state index in [1.165, 1.54) is 5.56 Å². The van der Waals surface area contributed by atoms with Crippen LogP contribution in [0.15, 0.2) is 59.6 Å². The Morgan fingerprint density at radius 2 is 1.62 bits per heavy atom. The average Bonchev–Trinajstić information content (AvgIpc) is 2.33. The monoisotopic (exact) mass is 210 g/mol. The van der Waals surface area contributed by atoms with Crippen LogP contribution < -0.4 is 5.73 Å². The summed E-state index contributed by atoms with van der Waals surface area (Å²) >= 11 is 0. The van der Waals surface area contributed by atoms with Crippen molar-refractivity contribution in [3.63, 3.8) is 0 Å². The molecule has 0 unspecified atom stereocenters. The third-order valence-corrected chi connectivity index (χ3v) is 2.29. The molecule has 2 N–H and O–H groups in total. The van der Waals surface area contributed by atoms with Gasteiger partial charge in [-0.2, -0.15) is 0 Å². The quantitative estimate of drug-likeness (QED) is 0.614. The van der Waals surface area contributed by atoms with Crippen LogP contribution in [0.5, 0.6) is 0 Å². The number of benzene rings is 2. The number of hydrogen-bond acceptors (Lipinski definition) is 2. The summed E-state index contributed by atoms with van der Waals surface area (Å²) in [5.41, 5.74) is 8.69. The molecule has 0 amide bonds. The number of rotatable bonds is 3. The van der Waals surface area contributed by atoms with Gasteiger partial charge >= 0.3 is 0 Å². The van der Waals surface area contributed by atoms with Gasteiger partial charge in [-0.25, -0.2) is 0 Å². The SMILES string of the molecule is Nc1ccc(C/N=C/c2ccccc2)cc1. The second-order valence-corrected chi connectivity index (χ2v) is 3.62. The van der Waals surface area contributed by atoms with E-state index >= 15 is 0 Å². The van der Waals surface area contributed by atoms with E-state index < -0.39 is 0 Å². The van der Waals surface area contributed by atoms with Crippen molar-refractivity contribution in [1.29, 1.82) is 0 Å². The summed E-state index contributed by atoms with van der Waals surface area (Å²) in [6, 6.07) is 17.9. The Morgan fingerprint density at radius 1 is 0.938 bits per heavy atom. The first kappa shape index (κ1) is 10.4. The molecule has 0 aliphatic heterocycles. The largest absolute Gasteiger partial charge is 0.399 e. The molecule has 0 atom stereocenters. The molecule has 2 nitrogen and oxygen atoms in total. The summed E-state index contributed by atoms with van der Waals surface area (Å²) in [5.74, 6) is 0. The highest BCUT2D eigenvalue weighted by Gasteiger charge is 1.89. The average molecular weight is 210 g/mol. The van der Waals surface area contributed by atoms with Gasteiger partial charge in [0.15, 0.2) is 0 Å². The lowest BCUT2D eigenvalue weighted by Crippen LogP contribution is -1.87. The molecule has 0 heterocycles. The lowest BCUT2D eigenvalue weighted by molar-refractivity contribution is 1.08. The van der Waals surface area contributed by atoms with Crippen LogP contribution in [0.1, 0.15) is 11.1 Å². The van der Waals surface area contributed by atoms with Crippen molar-refractivity contribution >= 4 is 11.9 Å². The van der Waals surface area contributed by atoms with Gasteiger partial charge in [-0.15, -0.1) is 0 Å². The van der Waals surface area contributed by atoms with E-state index in [0.717, 1.165) is 11.3 Å². The standard InChI is InChI=1S/C14H14N2/c15-14-8-6-13(7-9-14)11-16-10-12-4-2-1-3-5-12/h1-10H,11,15H2/b16-10+. The van der Waals surface area contributed by atoms with Crippen LogP contribution in [0.3, 0.4) is 0 Å². The maximum Gasteiger partial charge on any atom is 0.0640 e. The lowest BCUT2D eigenvalue weighted by atomic mass is 10.2. The predicted octanol–water partition coefficient (Wildman–Crippen LogP) is 2.89. The maximum atomic E-state index is 5.61. The molecule has 0 bridgehead atoms. The molecule has 2 aromatic rings.